The highest BCUT2D eigenvalue weighted by Crippen LogP contribution is 2.50. The van der Waals surface area contributed by atoms with Crippen LogP contribution in [0.5, 0.6) is 0 Å². The molecule has 0 aromatic carbocycles. The lowest BCUT2D eigenvalue weighted by Gasteiger charge is -2.16. The average Bonchev–Trinajstić information content (AvgIpc) is 2.67. The van der Waals surface area contributed by atoms with Gasteiger partial charge in [0, 0.05) is 10.7 Å². The summed E-state index contributed by atoms with van der Waals surface area (Å²) in [5, 5.41) is 0. The van der Waals surface area contributed by atoms with E-state index in [0.29, 0.717) is 5.92 Å². The monoisotopic (exact) mass is 224 g/mol. The molecule has 1 aliphatic rings. The smallest absolute Gasteiger partial charge is 0.212 e. The van der Waals surface area contributed by atoms with Crippen LogP contribution >= 0.6 is 10.7 Å². The van der Waals surface area contributed by atoms with Crippen LogP contribution in [0.3, 0.4) is 0 Å². The zero-order chi connectivity index (χ0) is 10.1. The minimum absolute atomic E-state index is 0.473. The minimum Gasteiger partial charge on any atom is -0.212 e. The molecule has 0 amide bonds. The predicted octanol–water partition coefficient (Wildman–Crippen LogP) is 2.91. The lowest BCUT2D eigenvalue weighted by molar-refractivity contribution is 0.460. The van der Waals surface area contributed by atoms with Crippen LogP contribution in [0, 0.1) is 5.92 Å². The third kappa shape index (κ3) is 2.59. The molecule has 1 atom stereocenters. The van der Waals surface area contributed by atoms with Gasteiger partial charge >= 0.3 is 0 Å². The largest absolute Gasteiger partial charge is 0.238 e. The Morgan fingerprint density at radius 2 is 2.00 bits per heavy atom. The maximum absolute atomic E-state index is 11.2. The number of hydrogen-bond donors (Lipinski definition) is 0. The van der Waals surface area contributed by atoms with Gasteiger partial charge in [0.2, 0.25) is 9.05 Å². The van der Waals surface area contributed by atoms with E-state index < -0.39 is 13.8 Å². The van der Waals surface area contributed by atoms with Gasteiger partial charge in [0.15, 0.2) is 0 Å². The summed E-state index contributed by atoms with van der Waals surface area (Å²) in [7, 11) is 2.07. The van der Waals surface area contributed by atoms with Crippen LogP contribution in [0.2, 0.25) is 0 Å². The maximum atomic E-state index is 11.2. The highest BCUT2D eigenvalue weighted by atomic mass is 35.7. The first-order chi connectivity index (χ1) is 5.91. The standard InChI is InChI=1S/C9H17ClO2S/c1-3-4-8(2)7-9(5-6-9)13(10,11)12/h8H,3-7H2,1-2H3. The molecule has 1 aliphatic carbocycles. The maximum Gasteiger partial charge on any atom is 0.238 e. The van der Waals surface area contributed by atoms with Crippen LogP contribution < -0.4 is 0 Å². The highest BCUT2D eigenvalue weighted by Gasteiger charge is 2.53. The summed E-state index contributed by atoms with van der Waals surface area (Å²) in [5.74, 6) is 0.473. The summed E-state index contributed by atoms with van der Waals surface area (Å²) in [4.78, 5) is 0. The summed E-state index contributed by atoms with van der Waals surface area (Å²) in [6.07, 6.45) is 4.46. The van der Waals surface area contributed by atoms with Crippen LogP contribution in [0.1, 0.15) is 46.0 Å². The van der Waals surface area contributed by atoms with Gasteiger partial charge in [0.1, 0.15) is 0 Å². The lowest BCUT2D eigenvalue weighted by atomic mass is 9.99. The first kappa shape index (κ1) is 11.3. The molecule has 1 unspecified atom stereocenters. The third-order valence-corrected chi connectivity index (χ3v) is 5.42. The second kappa shape index (κ2) is 3.77. The second-order valence-corrected chi connectivity index (χ2v) is 7.18. The molecule has 2 nitrogen and oxygen atoms in total. The SMILES string of the molecule is CCCC(C)CC1(S(=O)(=O)Cl)CC1. The summed E-state index contributed by atoms with van der Waals surface area (Å²) in [6, 6.07) is 0. The molecule has 1 rings (SSSR count). The average molecular weight is 225 g/mol. The Morgan fingerprint density at radius 1 is 1.46 bits per heavy atom. The molecule has 0 bridgehead atoms. The summed E-state index contributed by atoms with van der Waals surface area (Å²) in [5.41, 5.74) is 0. The molecule has 13 heavy (non-hydrogen) atoms. The van der Waals surface area contributed by atoms with Gasteiger partial charge in [-0.2, -0.15) is 0 Å². The van der Waals surface area contributed by atoms with Crippen molar-refractivity contribution in [3.8, 4) is 0 Å². The summed E-state index contributed by atoms with van der Waals surface area (Å²) < 4.78 is 21.9. The molecule has 78 valence electrons. The molecule has 0 N–H and O–H groups in total. The van der Waals surface area contributed by atoms with Crippen molar-refractivity contribution in [2.75, 3.05) is 0 Å². The van der Waals surface area contributed by atoms with E-state index in [0.717, 1.165) is 32.1 Å². The van der Waals surface area contributed by atoms with E-state index in [2.05, 4.69) is 13.8 Å². The first-order valence-corrected chi connectivity index (χ1v) is 7.16. The Morgan fingerprint density at radius 3 is 2.31 bits per heavy atom. The van der Waals surface area contributed by atoms with E-state index in [-0.39, 0.29) is 0 Å². The van der Waals surface area contributed by atoms with Crippen LogP contribution in [-0.4, -0.2) is 13.2 Å². The van der Waals surface area contributed by atoms with Crippen molar-refractivity contribution in [3.05, 3.63) is 0 Å². The Bertz CT molecular complexity index is 267. The molecular formula is C9H17ClO2S. The summed E-state index contributed by atoms with van der Waals surface area (Å²) in [6.45, 7) is 4.22. The Hall–Kier alpha value is 0.240. The van der Waals surface area contributed by atoms with Crippen LogP contribution in [0.15, 0.2) is 0 Å². The van der Waals surface area contributed by atoms with Crippen LogP contribution in [0.25, 0.3) is 0 Å². The van der Waals surface area contributed by atoms with Gasteiger partial charge in [-0.05, 0) is 25.2 Å². The Balaban J connectivity index is 2.54. The minimum atomic E-state index is -3.33. The molecule has 1 saturated carbocycles. The van der Waals surface area contributed by atoms with E-state index in [1.807, 2.05) is 0 Å². The molecule has 4 heteroatoms. The van der Waals surface area contributed by atoms with Crippen molar-refractivity contribution < 1.29 is 8.42 Å². The summed E-state index contributed by atoms with van der Waals surface area (Å²) >= 11 is 0. The van der Waals surface area contributed by atoms with E-state index in [9.17, 15) is 8.42 Å². The molecule has 0 spiro atoms. The van der Waals surface area contributed by atoms with Gasteiger partial charge in [-0.1, -0.05) is 26.7 Å². The molecular weight excluding hydrogens is 208 g/mol. The normalized spacial score (nSPS) is 22.7. The van der Waals surface area contributed by atoms with Crippen molar-refractivity contribution in [2.45, 2.75) is 50.7 Å². The molecule has 1 fully saturated rings. The van der Waals surface area contributed by atoms with E-state index in [4.69, 9.17) is 10.7 Å². The van der Waals surface area contributed by atoms with Gasteiger partial charge in [-0.3, -0.25) is 0 Å². The predicted molar refractivity (Wildman–Crippen MR) is 55.4 cm³/mol. The molecule has 0 heterocycles. The molecule has 0 aromatic heterocycles. The lowest BCUT2D eigenvalue weighted by Crippen LogP contribution is -2.21. The van der Waals surface area contributed by atoms with Crippen molar-refractivity contribution in [1.29, 1.82) is 0 Å². The van der Waals surface area contributed by atoms with Gasteiger partial charge < -0.3 is 0 Å². The van der Waals surface area contributed by atoms with Gasteiger partial charge in [0.25, 0.3) is 0 Å². The third-order valence-electron chi connectivity index (χ3n) is 2.83. The molecule has 0 aromatic rings. The number of rotatable bonds is 5. The molecule has 0 saturated heterocycles. The molecule has 0 aliphatic heterocycles. The fourth-order valence-corrected chi connectivity index (χ4v) is 3.64. The van der Waals surface area contributed by atoms with E-state index in [1.54, 1.807) is 0 Å². The van der Waals surface area contributed by atoms with Crippen molar-refractivity contribution in [3.63, 3.8) is 0 Å². The first-order valence-electron chi connectivity index (χ1n) is 4.85. The van der Waals surface area contributed by atoms with Crippen molar-refractivity contribution >= 4 is 19.7 Å². The van der Waals surface area contributed by atoms with Gasteiger partial charge in [0.05, 0.1) is 4.75 Å². The van der Waals surface area contributed by atoms with Crippen LogP contribution in [-0.2, 0) is 9.05 Å². The Kier molecular flexibility index (Phi) is 3.29. The van der Waals surface area contributed by atoms with Crippen molar-refractivity contribution in [2.24, 2.45) is 5.92 Å². The zero-order valence-electron chi connectivity index (χ0n) is 8.22. The fourth-order valence-electron chi connectivity index (χ4n) is 1.92. The van der Waals surface area contributed by atoms with Gasteiger partial charge in [-0.15, -0.1) is 0 Å². The fraction of sp³-hybridized carbons (Fsp3) is 1.00. The highest BCUT2D eigenvalue weighted by molar-refractivity contribution is 8.15. The number of halogens is 1. The van der Waals surface area contributed by atoms with Gasteiger partial charge in [-0.25, -0.2) is 8.42 Å². The molecule has 0 radical (unpaired) electrons. The number of hydrogen-bond acceptors (Lipinski definition) is 2. The van der Waals surface area contributed by atoms with Crippen LogP contribution in [0.4, 0.5) is 0 Å². The second-order valence-electron chi connectivity index (χ2n) is 4.22. The quantitative estimate of drug-likeness (QED) is 0.673. The van der Waals surface area contributed by atoms with E-state index in [1.165, 1.54) is 0 Å². The Labute approximate surface area is 85.1 Å². The zero-order valence-corrected chi connectivity index (χ0v) is 9.79. The topological polar surface area (TPSA) is 34.1 Å². The van der Waals surface area contributed by atoms with E-state index >= 15 is 0 Å². The van der Waals surface area contributed by atoms with Crippen molar-refractivity contribution in [1.82, 2.24) is 0 Å².